The number of nitrogens with zero attached hydrogens (tertiary/aromatic N) is 1. The van der Waals surface area contributed by atoms with E-state index in [0.29, 0.717) is 37.1 Å². The number of benzene rings is 2. The van der Waals surface area contributed by atoms with Crippen LogP contribution in [-0.4, -0.2) is 42.3 Å². The zero-order valence-corrected chi connectivity index (χ0v) is 17.2. The van der Waals surface area contributed by atoms with E-state index in [-0.39, 0.29) is 30.2 Å². The number of hydrogen-bond acceptors (Lipinski definition) is 4. The van der Waals surface area contributed by atoms with E-state index in [1.165, 1.54) is 0 Å². The first-order valence-electron chi connectivity index (χ1n) is 9.99. The molecular formula is C24H27NO4. The molecule has 2 aromatic carbocycles. The van der Waals surface area contributed by atoms with Crippen molar-refractivity contribution in [2.45, 2.75) is 33.6 Å². The number of carbonyl (C=O) groups excluding carboxylic acids is 3. The van der Waals surface area contributed by atoms with Gasteiger partial charge in [-0.15, -0.1) is 0 Å². The monoisotopic (exact) mass is 393 g/mol. The predicted molar refractivity (Wildman–Crippen MR) is 111 cm³/mol. The fourth-order valence-electron chi connectivity index (χ4n) is 3.67. The molecule has 1 fully saturated rings. The van der Waals surface area contributed by atoms with Crippen LogP contribution in [0.15, 0.2) is 42.5 Å². The molecule has 5 heteroatoms. The molecule has 0 bridgehead atoms. The number of hydrogen-bond donors (Lipinski definition) is 0. The van der Waals surface area contributed by atoms with Crippen LogP contribution in [0.1, 0.15) is 50.2 Å². The average Bonchev–Trinajstić information content (AvgIpc) is 2.73. The summed E-state index contributed by atoms with van der Waals surface area (Å²) >= 11 is 0. The number of ketones is 1. The normalized spacial score (nSPS) is 14.5. The van der Waals surface area contributed by atoms with Crippen molar-refractivity contribution in [2.24, 2.45) is 5.92 Å². The molecule has 0 spiro atoms. The third-order valence-electron chi connectivity index (χ3n) is 5.53. The Hall–Kier alpha value is -2.95. The molecule has 1 saturated heterocycles. The minimum absolute atomic E-state index is 0.0000164. The van der Waals surface area contributed by atoms with Crippen LogP contribution in [0.25, 0.3) is 0 Å². The highest BCUT2D eigenvalue weighted by atomic mass is 16.5. The van der Waals surface area contributed by atoms with Gasteiger partial charge in [-0.3, -0.25) is 14.4 Å². The summed E-state index contributed by atoms with van der Waals surface area (Å²) in [6.45, 7) is 6.50. The van der Waals surface area contributed by atoms with Crippen molar-refractivity contribution in [3.05, 3.63) is 70.3 Å². The van der Waals surface area contributed by atoms with Crippen molar-refractivity contribution in [1.82, 2.24) is 4.90 Å². The number of piperidine rings is 1. The van der Waals surface area contributed by atoms with Crippen molar-refractivity contribution in [3.8, 4) is 0 Å². The van der Waals surface area contributed by atoms with E-state index >= 15 is 0 Å². The maximum Gasteiger partial charge on any atom is 0.309 e. The third-order valence-corrected chi connectivity index (χ3v) is 5.53. The zero-order valence-electron chi connectivity index (χ0n) is 17.2. The zero-order chi connectivity index (χ0) is 21.0. The lowest BCUT2D eigenvalue weighted by Gasteiger charge is -2.31. The Bertz CT molecular complexity index is 926. The minimum atomic E-state index is -0.355. The molecule has 0 aromatic heterocycles. The number of rotatable bonds is 5. The van der Waals surface area contributed by atoms with Gasteiger partial charge in [0.2, 0.25) is 5.78 Å². The quantitative estimate of drug-likeness (QED) is 0.571. The van der Waals surface area contributed by atoms with E-state index in [0.717, 1.165) is 16.7 Å². The van der Waals surface area contributed by atoms with Crippen LogP contribution in [-0.2, 0) is 9.53 Å². The molecule has 1 amide bonds. The molecule has 0 saturated carbocycles. The fraction of sp³-hybridized carbons (Fsp3) is 0.375. The first-order chi connectivity index (χ1) is 13.9. The molecule has 2 aromatic rings. The predicted octanol–water partition coefficient (Wildman–Crippen LogP) is 3.89. The number of aryl methyl sites for hydroxylation is 3. The maximum absolute atomic E-state index is 12.7. The average molecular weight is 393 g/mol. The standard InChI is InChI=1S/C24H27NO4/c1-16-8-9-18(3)21(14-16)22(26)15-29-24(28)19-10-12-25(13-11-19)23(27)20-7-5-4-6-17(20)2/h4-9,14,19H,10-13,15H2,1-3H3. The van der Waals surface area contributed by atoms with Crippen molar-refractivity contribution in [1.29, 1.82) is 0 Å². The molecule has 0 radical (unpaired) electrons. The van der Waals surface area contributed by atoms with Crippen LogP contribution in [0.2, 0.25) is 0 Å². The van der Waals surface area contributed by atoms with Gasteiger partial charge in [-0.05, 0) is 56.9 Å². The number of likely N-dealkylation sites (tertiary alicyclic amines) is 1. The van der Waals surface area contributed by atoms with Gasteiger partial charge in [-0.1, -0.05) is 35.9 Å². The van der Waals surface area contributed by atoms with Crippen LogP contribution in [0, 0.1) is 26.7 Å². The summed E-state index contributed by atoms with van der Waals surface area (Å²) in [5.41, 5.74) is 4.11. The van der Waals surface area contributed by atoms with E-state index in [1.807, 2.05) is 63.2 Å². The van der Waals surface area contributed by atoms with E-state index in [2.05, 4.69) is 0 Å². The largest absolute Gasteiger partial charge is 0.457 e. The van der Waals surface area contributed by atoms with Crippen LogP contribution in [0.4, 0.5) is 0 Å². The smallest absolute Gasteiger partial charge is 0.309 e. The van der Waals surface area contributed by atoms with Crippen molar-refractivity contribution in [2.75, 3.05) is 19.7 Å². The van der Waals surface area contributed by atoms with Crippen molar-refractivity contribution >= 4 is 17.7 Å². The van der Waals surface area contributed by atoms with Gasteiger partial charge >= 0.3 is 5.97 Å². The van der Waals surface area contributed by atoms with Crippen LogP contribution in [0.5, 0.6) is 0 Å². The van der Waals surface area contributed by atoms with Gasteiger partial charge in [0.05, 0.1) is 5.92 Å². The molecule has 1 heterocycles. The Kier molecular flexibility index (Phi) is 6.47. The van der Waals surface area contributed by atoms with Gasteiger partial charge in [0.1, 0.15) is 0 Å². The first-order valence-corrected chi connectivity index (χ1v) is 9.99. The molecule has 29 heavy (non-hydrogen) atoms. The number of esters is 1. The molecule has 1 aliphatic rings. The summed E-state index contributed by atoms with van der Waals surface area (Å²) < 4.78 is 5.30. The molecule has 5 nitrogen and oxygen atoms in total. The van der Waals surface area contributed by atoms with Crippen molar-refractivity contribution < 1.29 is 19.1 Å². The highest BCUT2D eigenvalue weighted by Crippen LogP contribution is 2.22. The molecular weight excluding hydrogens is 366 g/mol. The summed E-state index contributed by atoms with van der Waals surface area (Å²) in [5.74, 6) is -0.819. The highest BCUT2D eigenvalue weighted by molar-refractivity contribution is 5.99. The minimum Gasteiger partial charge on any atom is -0.457 e. The highest BCUT2D eigenvalue weighted by Gasteiger charge is 2.29. The lowest BCUT2D eigenvalue weighted by Crippen LogP contribution is -2.41. The summed E-state index contributed by atoms with van der Waals surface area (Å²) in [6.07, 6.45) is 1.10. The third kappa shape index (κ3) is 4.91. The van der Waals surface area contributed by atoms with Crippen LogP contribution in [0.3, 0.4) is 0 Å². The lowest BCUT2D eigenvalue weighted by molar-refractivity contribution is -0.148. The Morgan fingerprint density at radius 2 is 1.59 bits per heavy atom. The molecule has 0 unspecified atom stereocenters. The Balaban J connectivity index is 1.51. The lowest BCUT2D eigenvalue weighted by atomic mass is 9.96. The summed E-state index contributed by atoms with van der Waals surface area (Å²) in [5, 5.41) is 0. The molecule has 1 aliphatic heterocycles. The van der Waals surface area contributed by atoms with Gasteiger partial charge in [-0.2, -0.15) is 0 Å². The van der Waals surface area contributed by atoms with E-state index in [4.69, 9.17) is 4.74 Å². The summed E-state index contributed by atoms with van der Waals surface area (Å²) in [7, 11) is 0. The number of Topliss-reactive ketones (excluding diaryl/α,β-unsaturated/α-hetero) is 1. The molecule has 3 rings (SSSR count). The summed E-state index contributed by atoms with van der Waals surface area (Å²) in [4.78, 5) is 39.3. The second-order valence-corrected chi connectivity index (χ2v) is 7.73. The molecule has 0 aliphatic carbocycles. The SMILES string of the molecule is Cc1ccc(C)c(C(=O)COC(=O)C2CCN(C(=O)c3ccccc3C)CC2)c1. The molecule has 0 N–H and O–H groups in total. The van der Waals surface area contributed by atoms with Gasteiger partial charge in [0.25, 0.3) is 5.91 Å². The second-order valence-electron chi connectivity index (χ2n) is 7.73. The Morgan fingerprint density at radius 1 is 0.931 bits per heavy atom. The second kappa shape index (κ2) is 9.03. The number of carbonyl (C=O) groups is 3. The maximum atomic E-state index is 12.7. The van der Waals surface area contributed by atoms with Crippen molar-refractivity contribution in [3.63, 3.8) is 0 Å². The number of amides is 1. The van der Waals surface area contributed by atoms with E-state index in [1.54, 1.807) is 4.90 Å². The fourth-order valence-corrected chi connectivity index (χ4v) is 3.67. The number of ether oxygens (including phenoxy) is 1. The van der Waals surface area contributed by atoms with Gasteiger partial charge in [0, 0.05) is 24.2 Å². The topological polar surface area (TPSA) is 63.7 Å². The first kappa shape index (κ1) is 20.8. The van der Waals surface area contributed by atoms with Gasteiger partial charge < -0.3 is 9.64 Å². The van der Waals surface area contributed by atoms with Crippen LogP contribution < -0.4 is 0 Å². The Labute approximate surface area is 171 Å². The van der Waals surface area contributed by atoms with E-state index < -0.39 is 0 Å². The Morgan fingerprint density at radius 3 is 2.28 bits per heavy atom. The molecule has 152 valence electrons. The van der Waals surface area contributed by atoms with Crippen LogP contribution >= 0.6 is 0 Å². The molecule has 0 atom stereocenters. The van der Waals surface area contributed by atoms with E-state index in [9.17, 15) is 14.4 Å². The van der Waals surface area contributed by atoms with Gasteiger partial charge in [0.15, 0.2) is 6.61 Å². The van der Waals surface area contributed by atoms with Gasteiger partial charge in [-0.25, -0.2) is 0 Å². The summed E-state index contributed by atoms with van der Waals surface area (Å²) in [6, 6.07) is 13.2.